The van der Waals surface area contributed by atoms with Gasteiger partial charge in [0.05, 0.1) is 19.8 Å². The first-order valence-corrected chi connectivity index (χ1v) is 8.45. The van der Waals surface area contributed by atoms with Gasteiger partial charge in [-0.15, -0.1) is 0 Å². The lowest BCUT2D eigenvalue weighted by atomic mass is 10.1. The Labute approximate surface area is 161 Å². The molecule has 3 rings (SSSR count). The van der Waals surface area contributed by atoms with Crippen LogP contribution in [0.3, 0.4) is 0 Å². The predicted octanol–water partition coefficient (Wildman–Crippen LogP) is 3.56. The van der Waals surface area contributed by atoms with E-state index in [1.54, 1.807) is 36.4 Å². The monoisotopic (exact) mass is 388 g/mol. The number of esters is 1. The van der Waals surface area contributed by atoms with Gasteiger partial charge in [-0.1, -0.05) is 11.6 Å². The van der Waals surface area contributed by atoms with Gasteiger partial charge in [-0.05, 0) is 42.5 Å². The number of carbonyl (C=O) groups is 2. The molecule has 0 saturated heterocycles. The van der Waals surface area contributed by atoms with Crippen molar-refractivity contribution in [2.75, 3.05) is 27.4 Å². The average molecular weight is 389 g/mol. The molecule has 0 spiro atoms. The van der Waals surface area contributed by atoms with E-state index in [4.69, 9.17) is 30.5 Å². The summed E-state index contributed by atoms with van der Waals surface area (Å²) in [5.74, 6) is 0.594. The van der Waals surface area contributed by atoms with Gasteiger partial charge in [0.15, 0.2) is 23.9 Å². The van der Waals surface area contributed by atoms with E-state index in [0.29, 0.717) is 39.0 Å². The van der Waals surface area contributed by atoms with Gasteiger partial charge in [-0.3, -0.25) is 4.79 Å². The molecule has 1 heterocycles. The van der Waals surface area contributed by atoms with E-state index in [0.717, 1.165) is 0 Å². The first-order valence-electron chi connectivity index (χ1n) is 8.07. The van der Waals surface area contributed by atoms with E-state index < -0.39 is 12.6 Å². The summed E-state index contributed by atoms with van der Waals surface area (Å²) in [4.78, 5) is 24.6. The van der Waals surface area contributed by atoms with Crippen LogP contribution in [0, 0.1) is 0 Å². The van der Waals surface area contributed by atoms with Crippen molar-refractivity contribution in [1.82, 2.24) is 0 Å². The number of ether oxygens (including phenoxy) is 4. The van der Waals surface area contributed by atoms with Crippen LogP contribution < -0.4 is 14.2 Å². The molecule has 0 unspecified atom stereocenters. The van der Waals surface area contributed by atoms with Crippen LogP contribution in [0.25, 0.3) is 6.08 Å². The molecule has 0 atom stereocenters. The van der Waals surface area contributed by atoms with Crippen LogP contribution in [0.1, 0.15) is 15.9 Å². The summed E-state index contributed by atoms with van der Waals surface area (Å²) in [6.45, 7) is -0.327. The highest BCUT2D eigenvalue weighted by atomic mass is 35.5. The van der Waals surface area contributed by atoms with Crippen molar-refractivity contribution in [2.24, 2.45) is 0 Å². The zero-order valence-corrected chi connectivity index (χ0v) is 15.5. The minimum absolute atomic E-state index is 0.0675. The summed E-state index contributed by atoms with van der Waals surface area (Å²) in [7, 11) is 2.98. The topological polar surface area (TPSA) is 71.1 Å². The molecular weight excluding hydrogens is 372 g/mol. The van der Waals surface area contributed by atoms with Crippen LogP contribution in [0.4, 0.5) is 0 Å². The summed E-state index contributed by atoms with van der Waals surface area (Å²) in [5.41, 5.74) is 1.35. The van der Waals surface area contributed by atoms with Crippen molar-refractivity contribution in [3.63, 3.8) is 0 Å². The first-order chi connectivity index (χ1) is 13.0. The van der Waals surface area contributed by atoms with Gasteiger partial charge >= 0.3 is 5.97 Å². The fraction of sp³-hybridized carbons (Fsp3) is 0.200. The van der Waals surface area contributed by atoms with Crippen molar-refractivity contribution < 1.29 is 28.5 Å². The molecule has 2 aromatic carbocycles. The Morgan fingerprint density at radius 2 is 1.85 bits per heavy atom. The van der Waals surface area contributed by atoms with Gasteiger partial charge in [-0.25, -0.2) is 4.79 Å². The number of ketones is 1. The second-order valence-electron chi connectivity index (χ2n) is 5.71. The van der Waals surface area contributed by atoms with Crippen LogP contribution in [0.2, 0.25) is 5.02 Å². The average Bonchev–Trinajstić information content (AvgIpc) is 2.70. The third-order valence-electron chi connectivity index (χ3n) is 3.99. The number of hydrogen-bond donors (Lipinski definition) is 0. The molecule has 0 N–H and O–H groups in total. The largest absolute Gasteiger partial charge is 0.493 e. The van der Waals surface area contributed by atoms with Crippen LogP contribution in [-0.4, -0.2) is 39.2 Å². The molecule has 0 fully saturated rings. The molecule has 1 aliphatic heterocycles. The molecule has 0 aliphatic carbocycles. The van der Waals surface area contributed by atoms with Crippen LogP contribution >= 0.6 is 11.6 Å². The van der Waals surface area contributed by atoms with E-state index in [1.807, 2.05) is 0 Å². The Balaban J connectivity index is 1.66. The minimum atomic E-state index is -0.616. The second kappa shape index (κ2) is 8.14. The van der Waals surface area contributed by atoms with E-state index in [1.165, 1.54) is 20.3 Å². The van der Waals surface area contributed by atoms with Gasteiger partial charge in [0.2, 0.25) is 0 Å². The SMILES string of the molecule is COc1ccc(C(=O)COC(=O)C2=Cc3cc(Cl)ccc3OC2)cc1OC. The molecule has 0 amide bonds. The molecule has 140 valence electrons. The van der Waals surface area contributed by atoms with Crippen LogP contribution in [0.5, 0.6) is 17.2 Å². The van der Waals surface area contributed by atoms with Crippen molar-refractivity contribution in [3.05, 3.63) is 58.1 Å². The Morgan fingerprint density at radius 3 is 2.59 bits per heavy atom. The fourth-order valence-electron chi connectivity index (χ4n) is 2.58. The van der Waals surface area contributed by atoms with Crippen molar-refractivity contribution in [3.8, 4) is 17.2 Å². The number of fused-ring (bicyclic) bond motifs is 1. The fourth-order valence-corrected chi connectivity index (χ4v) is 2.76. The smallest absolute Gasteiger partial charge is 0.337 e. The Hall–Kier alpha value is -2.99. The predicted molar refractivity (Wildman–Crippen MR) is 99.8 cm³/mol. The van der Waals surface area contributed by atoms with Gasteiger partial charge in [0.25, 0.3) is 0 Å². The van der Waals surface area contributed by atoms with Crippen molar-refractivity contribution >= 4 is 29.4 Å². The van der Waals surface area contributed by atoms with E-state index >= 15 is 0 Å². The number of Topliss-reactive ketones (excluding diaryl/α,β-unsaturated/α-hetero) is 1. The van der Waals surface area contributed by atoms with Gasteiger partial charge < -0.3 is 18.9 Å². The zero-order valence-electron chi connectivity index (χ0n) is 14.8. The summed E-state index contributed by atoms with van der Waals surface area (Å²) in [6.07, 6.45) is 1.65. The number of rotatable bonds is 6. The molecule has 0 saturated carbocycles. The maximum Gasteiger partial charge on any atom is 0.337 e. The molecular formula is C20H17ClO6. The van der Waals surface area contributed by atoms with Gasteiger partial charge in [-0.2, -0.15) is 0 Å². The number of halogens is 1. The lowest BCUT2D eigenvalue weighted by molar-refractivity contribution is -0.138. The van der Waals surface area contributed by atoms with Crippen LogP contribution in [0.15, 0.2) is 42.0 Å². The number of benzene rings is 2. The molecule has 0 bridgehead atoms. The Bertz CT molecular complexity index is 919. The number of methoxy groups -OCH3 is 2. The third-order valence-corrected chi connectivity index (χ3v) is 4.22. The van der Waals surface area contributed by atoms with E-state index in [-0.39, 0.29) is 12.4 Å². The summed E-state index contributed by atoms with van der Waals surface area (Å²) in [5, 5.41) is 0.534. The van der Waals surface area contributed by atoms with E-state index in [2.05, 4.69) is 0 Å². The van der Waals surface area contributed by atoms with Gasteiger partial charge in [0, 0.05) is 16.1 Å². The number of hydrogen-bond acceptors (Lipinski definition) is 6. The maximum absolute atomic E-state index is 12.3. The van der Waals surface area contributed by atoms with Crippen LogP contribution in [-0.2, 0) is 9.53 Å². The highest BCUT2D eigenvalue weighted by molar-refractivity contribution is 6.30. The van der Waals surface area contributed by atoms with E-state index in [9.17, 15) is 9.59 Å². The highest BCUT2D eigenvalue weighted by Crippen LogP contribution is 2.30. The van der Waals surface area contributed by atoms with Gasteiger partial charge in [0.1, 0.15) is 12.4 Å². The van der Waals surface area contributed by atoms with Crippen molar-refractivity contribution in [1.29, 1.82) is 0 Å². The molecule has 27 heavy (non-hydrogen) atoms. The maximum atomic E-state index is 12.3. The molecule has 7 heteroatoms. The standard InChI is InChI=1S/C20H17ClO6/c1-24-18-5-3-12(9-19(18)25-2)16(22)11-27-20(23)14-7-13-8-15(21)4-6-17(13)26-10-14/h3-9H,10-11H2,1-2H3. The molecule has 0 radical (unpaired) electrons. The highest BCUT2D eigenvalue weighted by Gasteiger charge is 2.20. The Kier molecular flexibility index (Phi) is 5.66. The summed E-state index contributed by atoms with van der Waals surface area (Å²) in [6, 6.07) is 9.87. The second-order valence-corrected chi connectivity index (χ2v) is 6.15. The van der Waals surface area contributed by atoms with Crippen molar-refractivity contribution in [2.45, 2.75) is 0 Å². The quantitative estimate of drug-likeness (QED) is 0.556. The number of carbonyl (C=O) groups excluding carboxylic acids is 2. The Morgan fingerprint density at radius 1 is 1.07 bits per heavy atom. The first kappa shape index (κ1) is 18.8. The lowest BCUT2D eigenvalue weighted by Gasteiger charge is -2.17. The minimum Gasteiger partial charge on any atom is -0.493 e. The molecule has 6 nitrogen and oxygen atoms in total. The zero-order chi connectivity index (χ0) is 19.4. The molecule has 0 aromatic heterocycles. The normalized spacial score (nSPS) is 12.3. The molecule has 2 aromatic rings. The molecule has 1 aliphatic rings. The summed E-state index contributed by atoms with van der Waals surface area (Å²) >= 11 is 5.96. The lowest BCUT2D eigenvalue weighted by Crippen LogP contribution is -2.20. The summed E-state index contributed by atoms with van der Waals surface area (Å²) < 4.78 is 21.0. The third kappa shape index (κ3) is 4.23.